The molecule has 4 N–H and O–H groups in total. The van der Waals surface area contributed by atoms with Crippen molar-refractivity contribution in [2.75, 3.05) is 51.5 Å². The number of benzene rings is 1. The summed E-state index contributed by atoms with van der Waals surface area (Å²) in [5, 5.41) is 5.97. The van der Waals surface area contributed by atoms with Crippen LogP contribution in [0.4, 0.5) is 4.79 Å². The Morgan fingerprint density at radius 1 is 1.19 bits per heavy atom. The minimum absolute atomic E-state index is 0.0897. The second-order valence-corrected chi connectivity index (χ2v) is 8.87. The quantitative estimate of drug-likeness (QED) is 0.414. The van der Waals surface area contributed by atoms with Crippen molar-refractivity contribution in [2.24, 2.45) is 5.73 Å². The average molecular weight is 400 g/mol. The van der Waals surface area contributed by atoms with Gasteiger partial charge in [-0.25, -0.2) is 4.79 Å². The molecule has 2 amide bonds. The van der Waals surface area contributed by atoms with E-state index in [-0.39, 0.29) is 11.4 Å². The van der Waals surface area contributed by atoms with Gasteiger partial charge in [-0.1, -0.05) is 33.7 Å². The molecular formula is C18H29N3O3S2. The predicted molar refractivity (Wildman–Crippen MR) is 110 cm³/mol. The van der Waals surface area contributed by atoms with Gasteiger partial charge in [-0.05, 0) is 30.5 Å². The van der Waals surface area contributed by atoms with Crippen molar-refractivity contribution < 1.29 is 14.3 Å². The molecule has 0 aliphatic carbocycles. The maximum atomic E-state index is 12.1. The molecule has 6 nitrogen and oxygen atoms in total. The van der Waals surface area contributed by atoms with Crippen molar-refractivity contribution >= 4 is 27.6 Å². The lowest BCUT2D eigenvalue weighted by Crippen LogP contribution is -2.47. The third kappa shape index (κ3) is 6.57. The number of hydrogen-bond donors (Lipinski definition) is 3. The summed E-state index contributed by atoms with van der Waals surface area (Å²) in [6, 6.07) is 8.02. The van der Waals surface area contributed by atoms with Gasteiger partial charge in [0.1, 0.15) is 5.75 Å². The molecule has 2 rings (SSSR count). The highest BCUT2D eigenvalue weighted by molar-refractivity contribution is 8.76. The summed E-state index contributed by atoms with van der Waals surface area (Å²) in [7, 11) is 5.13. The number of hydrogen-bond acceptors (Lipinski definition) is 6. The maximum Gasteiger partial charge on any atom is 0.314 e. The van der Waals surface area contributed by atoms with Gasteiger partial charge in [-0.15, -0.1) is 0 Å². The molecule has 1 aliphatic rings. The zero-order chi connectivity index (χ0) is 18.7. The van der Waals surface area contributed by atoms with Crippen molar-refractivity contribution in [3.63, 3.8) is 0 Å². The third-order valence-corrected chi connectivity index (χ3v) is 6.93. The van der Waals surface area contributed by atoms with E-state index >= 15 is 0 Å². The molecule has 1 aliphatic heterocycles. The molecular weight excluding hydrogens is 370 g/mol. The fourth-order valence-electron chi connectivity index (χ4n) is 2.96. The molecule has 0 bridgehead atoms. The minimum atomic E-state index is -0.117. The van der Waals surface area contributed by atoms with Gasteiger partial charge >= 0.3 is 6.03 Å². The number of carbonyl (C=O) groups excluding carboxylic acids is 1. The van der Waals surface area contributed by atoms with E-state index in [4.69, 9.17) is 15.2 Å². The molecule has 8 heteroatoms. The summed E-state index contributed by atoms with van der Waals surface area (Å²) in [6.07, 6.45) is 1.79. The highest BCUT2D eigenvalue weighted by Crippen LogP contribution is 2.35. The Labute approximate surface area is 163 Å². The highest BCUT2D eigenvalue weighted by Gasteiger charge is 2.34. The Hall–Kier alpha value is -1.09. The first kappa shape index (κ1) is 21.2. The van der Waals surface area contributed by atoms with Crippen molar-refractivity contribution in [2.45, 2.75) is 18.3 Å². The first-order valence-corrected chi connectivity index (χ1v) is 11.4. The number of amides is 2. The van der Waals surface area contributed by atoms with E-state index in [0.29, 0.717) is 32.8 Å². The Morgan fingerprint density at radius 3 is 2.54 bits per heavy atom. The van der Waals surface area contributed by atoms with Gasteiger partial charge in [-0.3, -0.25) is 0 Å². The van der Waals surface area contributed by atoms with Gasteiger partial charge in [0.2, 0.25) is 0 Å². The van der Waals surface area contributed by atoms with Crippen LogP contribution in [-0.4, -0.2) is 57.5 Å². The van der Waals surface area contributed by atoms with Crippen LogP contribution in [0.3, 0.4) is 0 Å². The standard InChI is InChI=1S/C18H29N3O3S2/c1-23-16-4-2-15(3-5-16)18(6-10-24-11-7-18)14-21-17(22)20-9-13-26-25-12-8-19/h2-5H,6-14,19H2,1H3,(H2,20,21,22). The van der Waals surface area contributed by atoms with Crippen LogP contribution < -0.4 is 21.1 Å². The van der Waals surface area contributed by atoms with Gasteiger partial charge in [-0.2, -0.15) is 0 Å². The van der Waals surface area contributed by atoms with Crippen LogP contribution >= 0.6 is 21.6 Å². The molecule has 0 saturated carbocycles. The molecule has 1 aromatic rings. The molecule has 146 valence electrons. The van der Waals surface area contributed by atoms with Gasteiger partial charge in [0.25, 0.3) is 0 Å². The van der Waals surface area contributed by atoms with E-state index < -0.39 is 0 Å². The zero-order valence-electron chi connectivity index (χ0n) is 15.3. The van der Waals surface area contributed by atoms with Crippen molar-refractivity contribution in [3.05, 3.63) is 29.8 Å². The van der Waals surface area contributed by atoms with E-state index in [0.717, 1.165) is 30.1 Å². The van der Waals surface area contributed by atoms with Crippen LogP contribution in [0.1, 0.15) is 18.4 Å². The normalized spacial score (nSPS) is 16.1. The second kappa shape index (κ2) is 11.6. The van der Waals surface area contributed by atoms with Gasteiger partial charge in [0.15, 0.2) is 0 Å². The fraction of sp³-hybridized carbons (Fsp3) is 0.611. The lowest BCUT2D eigenvalue weighted by molar-refractivity contribution is 0.0507. The van der Waals surface area contributed by atoms with Crippen molar-refractivity contribution in [1.29, 1.82) is 0 Å². The SMILES string of the molecule is COc1ccc(C2(CNC(=O)NCCSSCCN)CCOCC2)cc1. The van der Waals surface area contributed by atoms with Crippen LogP contribution in [0.25, 0.3) is 0 Å². The number of ether oxygens (including phenoxy) is 2. The summed E-state index contributed by atoms with van der Waals surface area (Å²) in [4.78, 5) is 12.1. The molecule has 26 heavy (non-hydrogen) atoms. The molecule has 1 fully saturated rings. The van der Waals surface area contributed by atoms with Crippen LogP contribution in [0, 0.1) is 0 Å². The molecule has 0 radical (unpaired) electrons. The summed E-state index contributed by atoms with van der Waals surface area (Å²) in [5.41, 5.74) is 6.58. The van der Waals surface area contributed by atoms with Crippen LogP contribution in [0.15, 0.2) is 24.3 Å². The smallest absolute Gasteiger partial charge is 0.314 e. The molecule has 1 aromatic carbocycles. The first-order chi connectivity index (χ1) is 12.7. The third-order valence-electron chi connectivity index (χ3n) is 4.50. The Balaban J connectivity index is 1.84. The summed E-state index contributed by atoms with van der Waals surface area (Å²) in [5.74, 6) is 2.64. The second-order valence-electron chi connectivity index (χ2n) is 6.16. The molecule has 0 spiro atoms. The minimum Gasteiger partial charge on any atom is -0.497 e. The van der Waals surface area contributed by atoms with Crippen LogP contribution in [0.2, 0.25) is 0 Å². The molecule has 1 heterocycles. The van der Waals surface area contributed by atoms with E-state index in [1.54, 1.807) is 28.7 Å². The number of urea groups is 1. The fourth-order valence-corrected chi connectivity index (χ4v) is 4.72. The van der Waals surface area contributed by atoms with Crippen molar-refractivity contribution in [3.8, 4) is 5.75 Å². The van der Waals surface area contributed by atoms with Crippen molar-refractivity contribution in [1.82, 2.24) is 10.6 Å². The molecule has 0 unspecified atom stereocenters. The Morgan fingerprint density at radius 2 is 1.88 bits per heavy atom. The maximum absolute atomic E-state index is 12.1. The number of nitrogens with two attached hydrogens (primary N) is 1. The topological polar surface area (TPSA) is 85.6 Å². The number of rotatable bonds is 10. The first-order valence-electron chi connectivity index (χ1n) is 8.89. The largest absolute Gasteiger partial charge is 0.497 e. The summed E-state index contributed by atoms with van der Waals surface area (Å²) >= 11 is 0. The monoisotopic (exact) mass is 399 g/mol. The Kier molecular flexibility index (Phi) is 9.45. The zero-order valence-corrected chi connectivity index (χ0v) is 16.9. The molecule has 1 saturated heterocycles. The average Bonchev–Trinajstić information content (AvgIpc) is 2.70. The van der Waals surface area contributed by atoms with E-state index in [1.165, 1.54) is 5.56 Å². The molecule has 0 aromatic heterocycles. The van der Waals surface area contributed by atoms with Gasteiger partial charge in [0, 0.05) is 49.8 Å². The Bertz CT molecular complexity index is 537. The summed E-state index contributed by atoms with van der Waals surface area (Å²) < 4.78 is 10.8. The van der Waals surface area contributed by atoms with E-state index in [1.807, 2.05) is 12.1 Å². The number of carbonyl (C=O) groups is 1. The van der Waals surface area contributed by atoms with Crippen LogP contribution in [-0.2, 0) is 10.2 Å². The predicted octanol–water partition coefficient (Wildman–Crippen LogP) is 2.38. The lowest BCUT2D eigenvalue weighted by Gasteiger charge is -2.38. The van der Waals surface area contributed by atoms with Gasteiger partial charge in [0.05, 0.1) is 7.11 Å². The number of methoxy groups -OCH3 is 1. The van der Waals surface area contributed by atoms with Crippen LogP contribution in [0.5, 0.6) is 5.75 Å². The lowest BCUT2D eigenvalue weighted by atomic mass is 9.74. The highest BCUT2D eigenvalue weighted by atomic mass is 33.1. The van der Waals surface area contributed by atoms with E-state index in [9.17, 15) is 4.79 Å². The summed E-state index contributed by atoms with van der Waals surface area (Å²) in [6.45, 7) is 3.35. The van der Waals surface area contributed by atoms with Gasteiger partial charge < -0.3 is 25.8 Å². The molecule has 0 atom stereocenters. The number of nitrogens with one attached hydrogen (secondary N) is 2. The van der Waals surface area contributed by atoms with E-state index in [2.05, 4.69) is 22.8 Å².